The molecule has 0 radical (unpaired) electrons. The molecule has 1 heterocycles. The van der Waals surface area contributed by atoms with Crippen molar-refractivity contribution in [1.82, 2.24) is 15.2 Å². The Morgan fingerprint density at radius 1 is 1.11 bits per heavy atom. The number of aryl methyl sites for hydroxylation is 2. The van der Waals surface area contributed by atoms with Crippen LogP contribution in [0.4, 0.5) is 0 Å². The van der Waals surface area contributed by atoms with E-state index in [1.165, 1.54) is 11.9 Å². The van der Waals surface area contributed by atoms with Crippen LogP contribution in [0.15, 0.2) is 54.7 Å². The quantitative estimate of drug-likeness (QED) is 0.281. The van der Waals surface area contributed by atoms with E-state index in [0.717, 1.165) is 58.9 Å². The van der Waals surface area contributed by atoms with Crippen molar-refractivity contribution in [3.63, 3.8) is 0 Å². The van der Waals surface area contributed by atoms with Gasteiger partial charge in [-0.25, -0.2) is 0 Å². The summed E-state index contributed by atoms with van der Waals surface area (Å²) in [6, 6.07) is 15.2. The molecule has 35 heavy (non-hydrogen) atoms. The SMILES string of the molecule is CNC(=O)C(CCC=O)N(C=O)Cc1c(C)cccc1CCCCOc1ccnc2ccccc12. The van der Waals surface area contributed by atoms with Gasteiger partial charge in [-0.15, -0.1) is 0 Å². The molecule has 0 spiro atoms. The summed E-state index contributed by atoms with van der Waals surface area (Å²) in [6.45, 7) is 2.93. The number of nitrogens with one attached hydrogen (secondary N) is 1. The van der Waals surface area contributed by atoms with Gasteiger partial charge < -0.3 is 19.7 Å². The molecule has 1 atom stereocenters. The fraction of sp³-hybridized carbons (Fsp3) is 0.357. The summed E-state index contributed by atoms with van der Waals surface area (Å²) in [7, 11) is 1.54. The van der Waals surface area contributed by atoms with Gasteiger partial charge in [0.15, 0.2) is 0 Å². The van der Waals surface area contributed by atoms with E-state index in [2.05, 4.69) is 16.4 Å². The van der Waals surface area contributed by atoms with E-state index < -0.39 is 6.04 Å². The van der Waals surface area contributed by atoms with E-state index in [9.17, 15) is 14.4 Å². The number of benzene rings is 2. The smallest absolute Gasteiger partial charge is 0.242 e. The average molecular weight is 476 g/mol. The number of likely N-dealkylation sites (N-methyl/N-ethyl adjacent to an activating group) is 1. The Balaban J connectivity index is 1.62. The van der Waals surface area contributed by atoms with Crippen LogP contribution in [0.2, 0.25) is 0 Å². The van der Waals surface area contributed by atoms with Gasteiger partial charge in [0.05, 0.1) is 12.1 Å². The minimum atomic E-state index is -0.682. The van der Waals surface area contributed by atoms with Gasteiger partial charge in [-0.2, -0.15) is 0 Å². The van der Waals surface area contributed by atoms with Crippen LogP contribution in [0.1, 0.15) is 42.4 Å². The van der Waals surface area contributed by atoms with E-state index >= 15 is 0 Å². The van der Waals surface area contributed by atoms with Gasteiger partial charge in [0, 0.05) is 31.6 Å². The number of carbonyl (C=O) groups excluding carboxylic acids is 3. The van der Waals surface area contributed by atoms with Gasteiger partial charge in [0.1, 0.15) is 18.1 Å². The molecule has 1 aromatic heterocycles. The summed E-state index contributed by atoms with van der Waals surface area (Å²) < 4.78 is 6.03. The highest BCUT2D eigenvalue weighted by atomic mass is 16.5. The molecule has 0 bridgehead atoms. The zero-order valence-corrected chi connectivity index (χ0v) is 20.4. The number of unbranched alkanes of at least 4 members (excludes halogenated alkanes) is 1. The highest BCUT2D eigenvalue weighted by molar-refractivity contribution is 5.84. The lowest BCUT2D eigenvalue weighted by Gasteiger charge is -2.28. The summed E-state index contributed by atoms with van der Waals surface area (Å²) in [5.74, 6) is 0.568. The second-order valence-corrected chi connectivity index (χ2v) is 8.50. The van der Waals surface area contributed by atoms with Crippen molar-refractivity contribution >= 4 is 29.5 Å². The van der Waals surface area contributed by atoms with Gasteiger partial charge in [0.2, 0.25) is 12.3 Å². The number of para-hydroxylation sites is 1. The number of rotatable bonds is 14. The van der Waals surface area contributed by atoms with Crippen LogP contribution in [0.3, 0.4) is 0 Å². The molecular formula is C28H33N3O4. The van der Waals surface area contributed by atoms with Crippen molar-refractivity contribution in [2.24, 2.45) is 0 Å². The molecule has 1 unspecified atom stereocenters. The van der Waals surface area contributed by atoms with Crippen molar-refractivity contribution in [3.05, 3.63) is 71.4 Å². The summed E-state index contributed by atoms with van der Waals surface area (Å²) >= 11 is 0. The van der Waals surface area contributed by atoms with Crippen LogP contribution in [-0.4, -0.2) is 48.2 Å². The molecule has 2 amide bonds. The standard InChI is InChI=1S/C28H33N3O4/c1-21-9-7-11-22(24(21)19-31(20-33)26(14-8-17-32)28(34)29-2)10-5-6-18-35-27-15-16-30-25-13-4-3-12-23(25)27/h3-4,7,9,11-13,15-17,20,26H,5-6,8,10,14,18-19H2,1-2H3,(H,29,34). The Morgan fingerprint density at radius 2 is 1.94 bits per heavy atom. The number of hydrogen-bond donors (Lipinski definition) is 1. The predicted octanol–water partition coefficient (Wildman–Crippen LogP) is 4.00. The van der Waals surface area contributed by atoms with Crippen molar-refractivity contribution in [2.75, 3.05) is 13.7 Å². The zero-order valence-electron chi connectivity index (χ0n) is 20.4. The van der Waals surface area contributed by atoms with E-state index in [-0.39, 0.29) is 12.3 Å². The number of fused-ring (bicyclic) bond motifs is 1. The normalized spacial score (nSPS) is 11.6. The first-order chi connectivity index (χ1) is 17.1. The van der Waals surface area contributed by atoms with Crippen LogP contribution in [-0.2, 0) is 27.3 Å². The summed E-state index contributed by atoms with van der Waals surface area (Å²) in [5.41, 5.74) is 4.18. The van der Waals surface area contributed by atoms with Crippen molar-refractivity contribution in [3.8, 4) is 5.75 Å². The number of aromatic nitrogens is 1. The molecule has 7 heteroatoms. The van der Waals surface area contributed by atoms with Crippen molar-refractivity contribution in [1.29, 1.82) is 0 Å². The van der Waals surface area contributed by atoms with Crippen molar-refractivity contribution < 1.29 is 19.1 Å². The van der Waals surface area contributed by atoms with Crippen LogP contribution in [0.5, 0.6) is 5.75 Å². The molecule has 0 aliphatic carbocycles. The minimum absolute atomic E-state index is 0.218. The molecule has 3 rings (SSSR count). The lowest BCUT2D eigenvalue weighted by Crippen LogP contribution is -2.45. The third-order valence-corrected chi connectivity index (χ3v) is 6.20. The number of aldehydes is 1. The third kappa shape index (κ3) is 6.88. The predicted molar refractivity (Wildman–Crippen MR) is 136 cm³/mol. The Morgan fingerprint density at radius 3 is 2.71 bits per heavy atom. The second-order valence-electron chi connectivity index (χ2n) is 8.50. The first-order valence-electron chi connectivity index (χ1n) is 12.0. The van der Waals surface area contributed by atoms with Gasteiger partial charge >= 0.3 is 0 Å². The van der Waals surface area contributed by atoms with Gasteiger partial charge in [0.25, 0.3) is 0 Å². The Labute approximate surface area is 206 Å². The summed E-state index contributed by atoms with van der Waals surface area (Å²) in [5, 5.41) is 3.61. The molecule has 0 saturated carbocycles. The zero-order chi connectivity index (χ0) is 25.0. The number of amides is 2. The van der Waals surface area contributed by atoms with Crippen LogP contribution in [0, 0.1) is 6.92 Å². The lowest BCUT2D eigenvalue weighted by atomic mass is 9.96. The molecule has 0 saturated heterocycles. The first kappa shape index (κ1) is 25.9. The minimum Gasteiger partial charge on any atom is -0.493 e. The van der Waals surface area contributed by atoms with E-state index in [1.807, 2.05) is 49.4 Å². The molecule has 0 aliphatic heterocycles. The summed E-state index contributed by atoms with van der Waals surface area (Å²) in [4.78, 5) is 41.0. The first-order valence-corrected chi connectivity index (χ1v) is 12.0. The summed E-state index contributed by atoms with van der Waals surface area (Å²) in [6.07, 6.45) is 6.38. The number of pyridine rings is 1. The monoisotopic (exact) mass is 475 g/mol. The molecule has 0 fully saturated rings. The lowest BCUT2D eigenvalue weighted by molar-refractivity contribution is -0.133. The number of hydrogen-bond acceptors (Lipinski definition) is 5. The molecular weight excluding hydrogens is 442 g/mol. The Bertz CT molecular complexity index is 1140. The maximum Gasteiger partial charge on any atom is 0.242 e. The number of ether oxygens (including phenoxy) is 1. The van der Waals surface area contributed by atoms with Crippen LogP contribution >= 0.6 is 0 Å². The molecule has 3 aromatic rings. The highest BCUT2D eigenvalue weighted by Crippen LogP contribution is 2.24. The molecule has 7 nitrogen and oxygen atoms in total. The van der Waals surface area contributed by atoms with Crippen LogP contribution < -0.4 is 10.1 Å². The maximum absolute atomic E-state index is 12.4. The van der Waals surface area contributed by atoms with Crippen molar-refractivity contribution in [2.45, 2.75) is 51.6 Å². The molecule has 1 N–H and O–H groups in total. The Kier molecular flexibility index (Phi) is 9.78. The second kappa shape index (κ2) is 13.2. The molecule has 2 aromatic carbocycles. The Hall–Kier alpha value is -3.74. The molecule has 184 valence electrons. The van der Waals surface area contributed by atoms with E-state index in [1.54, 1.807) is 6.20 Å². The van der Waals surface area contributed by atoms with E-state index in [4.69, 9.17) is 4.74 Å². The van der Waals surface area contributed by atoms with Gasteiger partial charge in [-0.3, -0.25) is 14.6 Å². The fourth-order valence-corrected chi connectivity index (χ4v) is 4.26. The third-order valence-electron chi connectivity index (χ3n) is 6.20. The number of nitrogens with zero attached hydrogens (tertiary/aromatic N) is 2. The largest absolute Gasteiger partial charge is 0.493 e. The van der Waals surface area contributed by atoms with Crippen LogP contribution in [0.25, 0.3) is 10.9 Å². The average Bonchev–Trinajstić information content (AvgIpc) is 2.89. The molecule has 0 aliphatic rings. The maximum atomic E-state index is 12.4. The van der Waals surface area contributed by atoms with Gasteiger partial charge in [-0.1, -0.05) is 30.3 Å². The highest BCUT2D eigenvalue weighted by Gasteiger charge is 2.25. The van der Waals surface area contributed by atoms with E-state index in [0.29, 0.717) is 26.0 Å². The number of carbonyl (C=O) groups is 3. The van der Waals surface area contributed by atoms with Gasteiger partial charge in [-0.05, 0) is 67.5 Å². The fourth-order valence-electron chi connectivity index (χ4n) is 4.26. The topological polar surface area (TPSA) is 88.6 Å².